The molecule has 0 aromatic rings. The normalized spacial score (nSPS) is 26.6. The molecule has 0 saturated carbocycles. The highest BCUT2D eigenvalue weighted by Crippen LogP contribution is 2.27. The molecule has 2 aliphatic heterocycles. The lowest BCUT2D eigenvalue weighted by Crippen LogP contribution is -2.50. The third kappa shape index (κ3) is 4.19. The summed E-state index contributed by atoms with van der Waals surface area (Å²) in [5.74, 6) is 0.0999. The van der Waals surface area contributed by atoms with Crippen LogP contribution in [0, 0.1) is 11.8 Å². The fraction of sp³-hybridized carbons (Fsp3) is 0.875. The van der Waals surface area contributed by atoms with Crippen LogP contribution in [0.25, 0.3) is 0 Å². The number of carbonyl (C=O) groups excluding carboxylic acids is 1. The lowest BCUT2D eigenvalue weighted by atomic mass is 9.84. The summed E-state index contributed by atoms with van der Waals surface area (Å²) in [6.07, 6.45) is 4.61. The highest BCUT2D eigenvalue weighted by Gasteiger charge is 2.32. The zero-order valence-corrected chi connectivity index (χ0v) is 13.3. The number of likely N-dealkylation sites (tertiary alicyclic amines) is 2. The lowest BCUT2D eigenvalue weighted by molar-refractivity contribution is -0.139. The second kappa shape index (κ2) is 7.25. The van der Waals surface area contributed by atoms with Crippen LogP contribution in [-0.2, 0) is 9.59 Å². The number of carboxylic acid groups (broad SMARTS) is 1. The van der Waals surface area contributed by atoms with Crippen LogP contribution in [-0.4, -0.2) is 59.0 Å². The number of aliphatic carboxylic acids is 1. The van der Waals surface area contributed by atoms with Crippen molar-refractivity contribution < 1.29 is 14.7 Å². The van der Waals surface area contributed by atoms with Gasteiger partial charge in [0.2, 0.25) is 5.91 Å². The van der Waals surface area contributed by atoms with Gasteiger partial charge in [0.1, 0.15) is 0 Å². The Kier molecular flexibility index (Phi) is 5.62. The molecule has 3 atom stereocenters. The molecule has 2 rings (SSSR count). The van der Waals surface area contributed by atoms with Crippen molar-refractivity contribution in [2.24, 2.45) is 11.8 Å². The second-order valence-electron chi connectivity index (χ2n) is 6.68. The van der Waals surface area contributed by atoms with Gasteiger partial charge in [-0.15, -0.1) is 0 Å². The molecule has 0 aromatic carbocycles. The average Bonchev–Trinajstić information content (AvgIpc) is 2.99. The Labute approximate surface area is 127 Å². The number of piperidine rings is 1. The van der Waals surface area contributed by atoms with Gasteiger partial charge in [-0.25, -0.2) is 0 Å². The van der Waals surface area contributed by atoms with Gasteiger partial charge in [-0.2, -0.15) is 0 Å². The Bertz CT molecular complexity index is 380. The molecule has 1 amide bonds. The Morgan fingerprint density at radius 2 is 1.81 bits per heavy atom. The lowest BCUT2D eigenvalue weighted by Gasteiger charge is -2.39. The fourth-order valence-corrected chi connectivity index (χ4v) is 3.66. The van der Waals surface area contributed by atoms with Crippen molar-refractivity contribution in [3.05, 3.63) is 0 Å². The monoisotopic (exact) mass is 296 g/mol. The Morgan fingerprint density at radius 1 is 1.14 bits per heavy atom. The van der Waals surface area contributed by atoms with E-state index in [2.05, 4.69) is 4.90 Å². The first-order chi connectivity index (χ1) is 9.99. The summed E-state index contributed by atoms with van der Waals surface area (Å²) in [5, 5.41) is 8.95. The van der Waals surface area contributed by atoms with Crippen LogP contribution in [0.3, 0.4) is 0 Å². The van der Waals surface area contributed by atoms with Crippen LogP contribution < -0.4 is 0 Å². The molecule has 5 nitrogen and oxygen atoms in total. The first-order valence-electron chi connectivity index (χ1n) is 8.23. The zero-order chi connectivity index (χ0) is 15.4. The number of rotatable bonds is 5. The fourth-order valence-electron chi connectivity index (χ4n) is 3.66. The maximum atomic E-state index is 12.5. The highest BCUT2D eigenvalue weighted by atomic mass is 16.4. The van der Waals surface area contributed by atoms with E-state index in [0.29, 0.717) is 5.92 Å². The van der Waals surface area contributed by atoms with E-state index in [-0.39, 0.29) is 24.3 Å². The molecule has 0 spiro atoms. The van der Waals surface area contributed by atoms with E-state index >= 15 is 0 Å². The first kappa shape index (κ1) is 16.3. The average molecular weight is 296 g/mol. The van der Waals surface area contributed by atoms with Gasteiger partial charge in [0, 0.05) is 26.1 Å². The van der Waals surface area contributed by atoms with E-state index in [1.54, 1.807) is 0 Å². The van der Waals surface area contributed by atoms with Gasteiger partial charge in [-0.1, -0.05) is 6.92 Å². The quantitative estimate of drug-likeness (QED) is 0.840. The summed E-state index contributed by atoms with van der Waals surface area (Å²) >= 11 is 0. The molecule has 21 heavy (non-hydrogen) atoms. The SMILES string of the molecule is CC(CC(=O)O)C1CCCN(C(C)C(=O)N2CCCC2)C1. The van der Waals surface area contributed by atoms with E-state index in [1.807, 2.05) is 18.7 Å². The van der Waals surface area contributed by atoms with Gasteiger partial charge in [-0.3, -0.25) is 14.5 Å². The minimum absolute atomic E-state index is 0.0667. The molecule has 0 radical (unpaired) electrons. The van der Waals surface area contributed by atoms with Crippen molar-refractivity contribution in [1.82, 2.24) is 9.80 Å². The standard InChI is InChI=1S/C16H28N2O3/c1-12(10-15(19)20)14-6-5-9-18(11-14)13(2)16(21)17-7-3-4-8-17/h12-14H,3-11H2,1-2H3,(H,19,20). The number of amides is 1. The van der Waals surface area contributed by atoms with Crippen molar-refractivity contribution in [3.8, 4) is 0 Å². The molecule has 2 saturated heterocycles. The minimum Gasteiger partial charge on any atom is -0.481 e. The largest absolute Gasteiger partial charge is 0.481 e. The summed E-state index contributed by atoms with van der Waals surface area (Å²) in [7, 11) is 0. The van der Waals surface area contributed by atoms with E-state index in [9.17, 15) is 9.59 Å². The van der Waals surface area contributed by atoms with Gasteiger partial charge >= 0.3 is 5.97 Å². The first-order valence-corrected chi connectivity index (χ1v) is 8.23. The van der Waals surface area contributed by atoms with E-state index in [4.69, 9.17) is 5.11 Å². The molecule has 0 aromatic heterocycles. The van der Waals surface area contributed by atoms with Crippen LogP contribution in [0.5, 0.6) is 0 Å². The number of hydrogen-bond donors (Lipinski definition) is 1. The number of carboxylic acids is 1. The molecule has 120 valence electrons. The summed E-state index contributed by atoms with van der Waals surface area (Å²) in [5.41, 5.74) is 0. The summed E-state index contributed by atoms with van der Waals surface area (Å²) in [6.45, 7) is 7.64. The molecular formula is C16H28N2O3. The third-order valence-electron chi connectivity index (χ3n) is 5.11. The van der Waals surface area contributed by atoms with Crippen LogP contribution in [0.2, 0.25) is 0 Å². The van der Waals surface area contributed by atoms with E-state index in [0.717, 1.165) is 51.9 Å². The van der Waals surface area contributed by atoms with Gasteiger partial charge in [-0.05, 0) is 51.0 Å². The topological polar surface area (TPSA) is 60.9 Å². The Balaban J connectivity index is 1.90. The van der Waals surface area contributed by atoms with Gasteiger partial charge < -0.3 is 10.0 Å². The van der Waals surface area contributed by atoms with Crippen LogP contribution in [0.1, 0.15) is 46.0 Å². The maximum Gasteiger partial charge on any atom is 0.303 e. The summed E-state index contributed by atoms with van der Waals surface area (Å²) < 4.78 is 0. The number of carbonyl (C=O) groups is 2. The Morgan fingerprint density at radius 3 is 2.43 bits per heavy atom. The van der Waals surface area contributed by atoms with Crippen molar-refractivity contribution in [2.45, 2.75) is 52.0 Å². The maximum absolute atomic E-state index is 12.5. The van der Waals surface area contributed by atoms with E-state index < -0.39 is 5.97 Å². The second-order valence-corrected chi connectivity index (χ2v) is 6.68. The van der Waals surface area contributed by atoms with Crippen LogP contribution in [0.15, 0.2) is 0 Å². The van der Waals surface area contributed by atoms with Crippen LogP contribution in [0.4, 0.5) is 0 Å². The summed E-state index contributed by atoms with van der Waals surface area (Å²) in [6, 6.07) is -0.0667. The number of nitrogens with zero attached hydrogens (tertiary/aromatic N) is 2. The minimum atomic E-state index is -0.721. The molecule has 0 aliphatic carbocycles. The zero-order valence-electron chi connectivity index (χ0n) is 13.3. The highest BCUT2D eigenvalue weighted by molar-refractivity contribution is 5.81. The van der Waals surface area contributed by atoms with Crippen molar-refractivity contribution >= 4 is 11.9 Å². The molecule has 2 fully saturated rings. The molecule has 3 unspecified atom stereocenters. The van der Waals surface area contributed by atoms with Crippen molar-refractivity contribution in [1.29, 1.82) is 0 Å². The van der Waals surface area contributed by atoms with Crippen LogP contribution >= 0.6 is 0 Å². The van der Waals surface area contributed by atoms with Gasteiger partial charge in [0.05, 0.1) is 6.04 Å². The molecule has 2 heterocycles. The molecular weight excluding hydrogens is 268 g/mol. The smallest absolute Gasteiger partial charge is 0.303 e. The van der Waals surface area contributed by atoms with Crippen molar-refractivity contribution in [3.63, 3.8) is 0 Å². The van der Waals surface area contributed by atoms with Gasteiger partial charge in [0.15, 0.2) is 0 Å². The van der Waals surface area contributed by atoms with Crippen molar-refractivity contribution in [2.75, 3.05) is 26.2 Å². The molecule has 2 aliphatic rings. The predicted octanol–water partition coefficient (Wildman–Crippen LogP) is 1.82. The summed E-state index contributed by atoms with van der Waals surface area (Å²) in [4.78, 5) is 27.6. The third-order valence-corrected chi connectivity index (χ3v) is 5.11. The molecule has 1 N–H and O–H groups in total. The van der Waals surface area contributed by atoms with E-state index in [1.165, 1.54) is 0 Å². The number of hydrogen-bond acceptors (Lipinski definition) is 3. The Hall–Kier alpha value is -1.10. The predicted molar refractivity (Wildman–Crippen MR) is 81.0 cm³/mol. The molecule has 0 bridgehead atoms. The molecule has 5 heteroatoms. The van der Waals surface area contributed by atoms with Gasteiger partial charge in [0.25, 0.3) is 0 Å².